The molecule has 4 heteroatoms. The molecule has 22 heavy (non-hydrogen) atoms. The molecular formula is C18H21N3O. The van der Waals surface area contributed by atoms with Crippen LogP contribution in [0, 0.1) is 0 Å². The fourth-order valence-electron chi connectivity index (χ4n) is 1.95. The minimum atomic E-state index is -0.0638. The summed E-state index contributed by atoms with van der Waals surface area (Å²) in [5.74, 6) is -0.0638. The Kier molecular flexibility index (Phi) is 5.72. The van der Waals surface area contributed by atoms with E-state index in [0.29, 0.717) is 18.7 Å². The van der Waals surface area contributed by atoms with Crippen molar-refractivity contribution in [2.45, 2.75) is 0 Å². The van der Waals surface area contributed by atoms with E-state index in [-0.39, 0.29) is 5.91 Å². The van der Waals surface area contributed by atoms with Gasteiger partial charge in [-0.05, 0) is 29.8 Å². The largest absolute Gasteiger partial charge is 0.378 e. The second-order valence-corrected chi connectivity index (χ2v) is 5.14. The average molecular weight is 295 g/mol. The second kappa shape index (κ2) is 7.98. The highest BCUT2D eigenvalue weighted by atomic mass is 16.1. The van der Waals surface area contributed by atoms with Crippen LogP contribution in [0.15, 0.2) is 59.6 Å². The van der Waals surface area contributed by atoms with E-state index in [1.54, 1.807) is 12.1 Å². The van der Waals surface area contributed by atoms with Crippen LogP contribution >= 0.6 is 0 Å². The topological polar surface area (TPSA) is 44.7 Å². The molecule has 2 rings (SSSR count). The molecule has 0 spiro atoms. The highest BCUT2D eigenvalue weighted by molar-refractivity contribution is 5.94. The monoisotopic (exact) mass is 295 g/mol. The molecule has 0 aliphatic carbocycles. The highest BCUT2D eigenvalue weighted by Crippen LogP contribution is 2.10. The zero-order chi connectivity index (χ0) is 15.8. The molecule has 0 saturated carbocycles. The lowest BCUT2D eigenvalue weighted by Crippen LogP contribution is -2.25. The number of hydrogen-bond acceptors (Lipinski definition) is 3. The highest BCUT2D eigenvalue weighted by Gasteiger charge is 2.01. The van der Waals surface area contributed by atoms with Crippen LogP contribution in [0.5, 0.6) is 0 Å². The van der Waals surface area contributed by atoms with E-state index in [1.165, 1.54) is 0 Å². The fraction of sp³-hybridized carbons (Fsp3) is 0.222. The van der Waals surface area contributed by atoms with Crippen LogP contribution in [0.1, 0.15) is 15.9 Å². The van der Waals surface area contributed by atoms with Gasteiger partial charge in [-0.2, -0.15) is 0 Å². The molecule has 0 bridgehead atoms. The summed E-state index contributed by atoms with van der Waals surface area (Å²) in [5, 5.41) is 2.85. The molecule has 0 radical (unpaired) electrons. The lowest BCUT2D eigenvalue weighted by Gasteiger charge is -2.11. The molecule has 0 aromatic heterocycles. The van der Waals surface area contributed by atoms with E-state index in [4.69, 9.17) is 0 Å². The standard InChI is InChI=1S/C18H21N3O/c1-21(2)17-10-8-15(9-11-17)14-19-12-13-20-18(22)16-6-4-3-5-7-16/h3-11,14H,12-13H2,1-2H3,(H,20,22). The van der Waals surface area contributed by atoms with Crippen molar-refractivity contribution >= 4 is 17.8 Å². The van der Waals surface area contributed by atoms with Crippen molar-refractivity contribution in [3.8, 4) is 0 Å². The molecule has 114 valence electrons. The van der Waals surface area contributed by atoms with E-state index in [9.17, 15) is 4.79 Å². The van der Waals surface area contributed by atoms with Gasteiger partial charge < -0.3 is 10.2 Å². The van der Waals surface area contributed by atoms with E-state index in [2.05, 4.69) is 27.3 Å². The molecule has 0 saturated heterocycles. The summed E-state index contributed by atoms with van der Waals surface area (Å²) in [5.41, 5.74) is 2.89. The van der Waals surface area contributed by atoms with Gasteiger partial charge in [0.1, 0.15) is 0 Å². The van der Waals surface area contributed by atoms with Crippen molar-refractivity contribution < 1.29 is 4.79 Å². The number of nitrogens with one attached hydrogen (secondary N) is 1. The first-order valence-electron chi connectivity index (χ1n) is 7.27. The Morgan fingerprint density at radius 3 is 2.41 bits per heavy atom. The third-order valence-electron chi connectivity index (χ3n) is 3.21. The SMILES string of the molecule is CN(C)c1ccc(C=NCCNC(=O)c2ccccc2)cc1. The minimum absolute atomic E-state index is 0.0638. The summed E-state index contributed by atoms with van der Waals surface area (Å²) in [6.07, 6.45) is 1.83. The molecule has 4 nitrogen and oxygen atoms in total. The number of anilines is 1. The number of amides is 1. The second-order valence-electron chi connectivity index (χ2n) is 5.14. The molecule has 0 heterocycles. The number of benzene rings is 2. The number of aliphatic imine (C=N–C) groups is 1. The van der Waals surface area contributed by atoms with E-state index < -0.39 is 0 Å². The number of rotatable bonds is 6. The lowest BCUT2D eigenvalue weighted by atomic mass is 10.2. The molecule has 1 N–H and O–H groups in total. The van der Waals surface area contributed by atoms with Gasteiger partial charge in [0.2, 0.25) is 0 Å². The minimum Gasteiger partial charge on any atom is -0.378 e. The van der Waals surface area contributed by atoms with Crippen LogP contribution in [0.4, 0.5) is 5.69 Å². The Morgan fingerprint density at radius 1 is 1.09 bits per heavy atom. The van der Waals surface area contributed by atoms with Gasteiger partial charge in [-0.15, -0.1) is 0 Å². The Morgan fingerprint density at radius 2 is 1.77 bits per heavy atom. The molecule has 2 aromatic carbocycles. The van der Waals surface area contributed by atoms with Gasteiger partial charge >= 0.3 is 0 Å². The van der Waals surface area contributed by atoms with Gasteiger partial charge in [0, 0.05) is 38.1 Å². The molecule has 0 fully saturated rings. The van der Waals surface area contributed by atoms with Crippen LogP contribution in [-0.4, -0.2) is 39.3 Å². The lowest BCUT2D eigenvalue weighted by molar-refractivity contribution is 0.0955. The number of carbonyl (C=O) groups is 1. The molecule has 0 aliphatic heterocycles. The molecule has 0 aliphatic rings. The van der Waals surface area contributed by atoms with Crippen molar-refractivity contribution in [3.63, 3.8) is 0 Å². The predicted octanol–water partition coefficient (Wildman–Crippen LogP) is 2.60. The summed E-state index contributed by atoms with van der Waals surface area (Å²) < 4.78 is 0. The Hall–Kier alpha value is -2.62. The van der Waals surface area contributed by atoms with Gasteiger partial charge in [0.05, 0.1) is 6.54 Å². The molecule has 1 amide bonds. The van der Waals surface area contributed by atoms with E-state index in [0.717, 1.165) is 11.3 Å². The Balaban J connectivity index is 1.75. The van der Waals surface area contributed by atoms with Crippen LogP contribution in [-0.2, 0) is 0 Å². The Bertz CT molecular complexity index is 619. The van der Waals surface area contributed by atoms with Crippen LogP contribution < -0.4 is 10.2 Å². The smallest absolute Gasteiger partial charge is 0.251 e. The first-order valence-corrected chi connectivity index (χ1v) is 7.27. The Labute approximate surface area is 131 Å². The third-order valence-corrected chi connectivity index (χ3v) is 3.21. The third kappa shape index (κ3) is 4.74. The first kappa shape index (κ1) is 15.8. The summed E-state index contributed by atoms with van der Waals surface area (Å²) in [6, 6.07) is 17.4. The summed E-state index contributed by atoms with van der Waals surface area (Å²) in [6.45, 7) is 1.09. The van der Waals surface area contributed by atoms with E-state index in [1.807, 2.05) is 50.6 Å². The summed E-state index contributed by atoms with van der Waals surface area (Å²) in [7, 11) is 4.02. The maximum Gasteiger partial charge on any atom is 0.251 e. The number of carbonyl (C=O) groups excluding carboxylic acids is 1. The number of nitrogens with zero attached hydrogens (tertiary/aromatic N) is 2. The van der Waals surface area contributed by atoms with Crippen molar-refractivity contribution in [2.24, 2.45) is 4.99 Å². The van der Waals surface area contributed by atoms with Crippen LogP contribution in [0.3, 0.4) is 0 Å². The van der Waals surface area contributed by atoms with Gasteiger partial charge in [-0.1, -0.05) is 30.3 Å². The van der Waals surface area contributed by atoms with Crippen molar-refractivity contribution in [2.75, 3.05) is 32.1 Å². The zero-order valence-corrected chi connectivity index (χ0v) is 13.0. The zero-order valence-electron chi connectivity index (χ0n) is 13.0. The van der Waals surface area contributed by atoms with Crippen molar-refractivity contribution in [1.29, 1.82) is 0 Å². The maximum absolute atomic E-state index is 11.8. The van der Waals surface area contributed by atoms with Crippen molar-refractivity contribution in [1.82, 2.24) is 5.32 Å². The van der Waals surface area contributed by atoms with Crippen molar-refractivity contribution in [3.05, 3.63) is 65.7 Å². The fourth-order valence-corrected chi connectivity index (χ4v) is 1.95. The normalized spacial score (nSPS) is 10.6. The van der Waals surface area contributed by atoms with Gasteiger partial charge in [0.25, 0.3) is 5.91 Å². The predicted molar refractivity (Wildman–Crippen MR) is 92.0 cm³/mol. The number of hydrogen-bond donors (Lipinski definition) is 1. The molecular weight excluding hydrogens is 274 g/mol. The van der Waals surface area contributed by atoms with E-state index >= 15 is 0 Å². The van der Waals surface area contributed by atoms with Gasteiger partial charge in [-0.25, -0.2) is 0 Å². The maximum atomic E-state index is 11.8. The van der Waals surface area contributed by atoms with Gasteiger partial charge in [0.15, 0.2) is 0 Å². The summed E-state index contributed by atoms with van der Waals surface area (Å²) in [4.78, 5) is 18.2. The van der Waals surface area contributed by atoms with Crippen LogP contribution in [0.25, 0.3) is 0 Å². The molecule has 2 aromatic rings. The average Bonchev–Trinajstić information content (AvgIpc) is 2.55. The molecule has 0 atom stereocenters. The van der Waals surface area contributed by atoms with Crippen LogP contribution in [0.2, 0.25) is 0 Å². The molecule has 0 unspecified atom stereocenters. The first-order chi connectivity index (χ1) is 10.7. The quantitative estimate of drug-likeness (QED) is 0.657. The summed E-state index contributed by atoms with van der Waals surface area (Å²) >= 11 is 0. The van der Waals surface area contributed by atoms with Gasteiger partial charge in [-0.3, -0.25) is 9.79 Å².